The second-order valence-corrected chi connectivity index (χ2v) is 33.4. The van der Waals surface area contributed by atoms with Gasteiger partial charge in [-0.15, -0.1) is 0 Å². The molecule has 2 saturated heterocycles. The largest absolute Gasteiger partial charge is 0.462 e. The van der Waals surface area contributed by atoms with Gasteiger partial charge in [-0.2, -0.15) is 0 Å². The third kappa shape index (κ3) is 49.9. The molecule has 0 aliphatic carbocycles. The Balaban J connectivity index is 2.38. The second-order valence-electron chi connectivity index (χ2n) is 31.3. The predicted octanol–water partition coefficient (Wildman–Crippen LogP) is 17.6. The fourth-order valence-corrected chi connectivity index (χ4v) is 16.2. The first-order chi connectivity index (χ1) is 51.5. The van der Waals surface area contributed by atoms with E-state index in [1.165, 1.54) is 199 Å². The van der Waals surface area contributed by atoms with E-state index in [0.29, 0.717) is 44.9 Å². The molecule has 0 bridgehead atoms. The number of nitrogens with two attached hydrogens (primary N) is 1. The summed E-state index contributed by atoms with van der Waals surface area (Å²) in [5.41, 5.74) is 5.95. The molecule has 106 heavy (non-hydrogen) atoms. The third-order valence-electron chi connectivity index (χ3n) is 21.3. The average Bonchev–Trinajstić information content (AvgIpc) is 0.761. The fraction of sp³-hybridized carbons (Fsp3) is 0.952. The molecule has 2 amide bonds. The van der Waals surface area contributed by atoms with Gasteiger partial charge in [0.05, 0.1) is 57.5 Å². The summed E-state index contributed by atoms with van der Waals surface area (Å²) in [4.78, 5) is 56.1. The van der Waals surface area contributed by atoms with Crippen molar-refractivity contribution in [1.29, 1.82) is 0 Å². The van der Waals surface area contributed by atoms with Crippen LogP contribution in [-0.2, 0) is 56.5 Å². The molecule has 1 unspecified atom stereocenters. The minimum atomic E-state index is -4.20. The first kappa shape index (κ1) is 99.7. The highest BCUT2D eigenvalue weighted by molar-refractivity contribution is 7.53. The van der Waals surface area contributed by atoms with Gasteiger partial charge in [-0.3, -0.25) is 28.3 Å². The molecule has 21 nitrogen and oxygen atoms in total. The minimum absolute atomic E-state index is 0.0918. The molecular weight excluding hydrogens is 1370 g/mol. The van der Waals surface area contributed by atoms with E-state index >= 15 is 0 Å². The lowest BCUT2D eigenvalue weighted by Gasteiger charge is -2.46. The van der Waals surface area contributed by atoms with Crippen molar-refractivity contribution in [3.63, 3.8) is 0 Å². The fourth-order valence-electron chi connectivity index (χ4n) is 14.7. The van der Waals surface area contributed by atoms with Crippen LogP contribution < -0.4 is 16.4 Å². The van der Waals surface area contributed by atoms with Crippen molar-refractivity contribution in [2.75, 3.05) is 32.5 Å². The maximum absolute atomic E-state index is 14.5. The van der Waals surface area contributed by atoms with Crippen molar-refractivity contribution in [2.45, 2.75) is 480 Å². The van der Waals surface area contributed by atoms with Gasteiger partial charge in [-0.25, -0.2) is 0 Å². The standard InChI is InChI=1S/C84H162N3O18P/c1-6-11-15-19-23-27-31-34-38-42-45-49-53-57-68(89)63-73(91)87-78-82(104-76(94)64-69(90)58-54-50-46-41-37-30-26-22-18-14-9-4)80(96)72(103-84(78)105-106(98,62-61-85)100-10-5)67-99-83-77(81(97)79(95)71(66-88)102-83)86-74(92)65-70(59-55-51-47-43-39-35-32-28-24-20-16-12-7-2)101-75(93)60-56-52-48-44-40-36-33-29-25-21-17-13-8-3/h68-72,77-84,88-90,95-97H,6-67,85H2,1-5H3,(H,86,92)(H,87,91)/t68-,69-,70-,71-,72-,77-,78-,79-,80-,81-,82-,83-,84-,106?/m1/s1. The number of hydrogen-bond donors (Lipinski definition) is 9. The second kappa shape index (κ2) is 67.2. The zero-order valence-electron chi connectivity index (χ0n) is 68.0. The number of carbonyl (C=O) groups excluding carboxylic acids is 4. The molecule has 0 saturated carbocycles. The number of aliphatic hydroxyl groups is 6. The van der Waals surface area contributed by atoms with Gasteiger partial charge in [0.15, 0.2) is 18.7 Å². The van der Waals surface area contributed by atoms with Crippen molar-refractivity contribution in [3.8, 4) is 0 Å². The van der Waals surface area contributed by atoms with Crippen LogP contribution in [0.1, 0.15) is 401 Å². The van der Waals surface area contributed by atoms with Crippen LogP contribution in [0, 0.1) is 0 Å². The van der Waals surface area contributed by atoms with E-state index in [1.54, 1.807) is 6.92 Å². The number of amides is 2. The van der Waals surface area contributed by atoms with E-state index in [9.17, 15) is 54.4 Å². The lowest BCUT2D eigenvalue weighted by atomic mass is 9.95. The van der Waals surface area contributed by atoms with Crippen LogP contribution in [0.5, 0.6) is 0 Å². The number of rotatable bonds is 74. The van der Waals surface area contributed by atoms with E-state index < -0.39 is 131 Å². The van der Waals surface area contributed by atoms with Gasteiger partial charge >= 0.3 is 19.5 Å². The molecule has 2 aliphatic rings. The molecule has 2 fully saturated rings. The molecule has 0 aromatic carbocycles. The first-order valence-corrected chi connectivity index (χ1v) is 45.8. The van der Waals surface area contributed by atoms with E-state index in [4.69, 9.17) is 38.5 Å². The van der Waals surface area contributed by atoms with Gasteiger partial charge in [0.2, 0.25) is 11.8 Å². The molecule has 22 heteroatoms. The summed E-state index contributed by atoms with van der Waals surface area (Å²) in [7, 11) is -4.20. The summed E-state index contributed by atoms with van der Waals surface area (Å²) < 4.78 is 57.2. The number of unbranched alkanes of at least 4 members (excludes halogenated alkanes) is 46. The molecule has 2 heterocycles. The normalized spacial score (nSPS) is 21.8. The molecule has 0 radical (unpaired) electrons. The lowest BCUT2D eigenvalue weighted by Crippen LogP contribution is -2.67. The SMILES string of the molecule is CCCCCCCCCCCCCCCC(=O)O[C@H](CCCCCCCCCCCCCCC)CC(=O)N[C@H]1[C@H](OC[C@H]2O[C@H](OP(=O)(CCN)OCC)[C@H](NC(=O)C[C@H](O)CCCCCCCCCCCCCCC)[C@@H](OC(=O)C[C@H](O)CCCCCCCCCCCCC)[C@@H]2O)O[C@H](CO)[C@@H](O)[C@@H]1O. The Hall–Kier alpha value is -2.37. The summed E-state index contributed by atoms with van der Waals surface area (Å²) in [6.45, 7) is 8.78. The first-order valence-electron chi connectivity index (χ1n) is 44.0. The van der Waals surface area contributed by atoms with Gasteiger partial charge in [0, 0.05) is 13.0 Å². The van der Waals surface area contributed by atoms with Crippen LogP contribution in [0.25, 0.3) is 0 Å². The third-order valence-corrected chi connectivity index (χ3v) is 23.3. The Morgan fingerprint density at radius 3 is 1.21 bits per heavy atom. The number of nitrogens with one attached hydrogen (secondary N) is 2. The Bertz CT molecular complexity index is 2130. The van der Waals surface area contributed by atoms with E-state index in [2.05, 4.69) is 38.3 Å². The summed E-state index contributed by atoms with van der Waals surface area (Å²) in [6.07, 6.45) is 40.5. The Morgan fingerprint density at radius 2 is 0.802 bits per heavy atom. The minimum Gasteiger partial charge on any atom is -0.462 e. The lowest BCUT2D eigenvalue weighted by molar-refractivity contribution is -0.296. The Kier molecular flexibility index (Phi) is 63.2. The van der Waals surface area contributed by atoms with Gasteiger partial charge in [-0.05, 0) is 39.0 Å². The van der Waals surface area contributed by atoms with Crippen LogP contribution in [0.2, 0.25) is 0 Å². The zero-order valence-corrected chi connectivity index (χ0v) is 68.8. The maximum atomic E-state index is 14.5. The Labute approximate surface area is 644 Å². The molecular formula is C84H162N3O18P. The molecule has 626 valence electrons. The zero-order chi connectivity index (χ0) is 77.5. The van der Waals surface area contributed by atoms with Crippen molar-refractivity contribution >= 4 is 31.3 Å². The van der Waals surface area contributed by atoms with Crippen LogP contribution in [0.15, 0.2) is 0 Å². The maximum Gasteiger partial charge on any atom is 0.334 e. The van der Waals surface area contributed by atoms with Crippen LogP contribution >= 0.6 is 7.60 Å². The molecule has 0 aromatic rings. The summed E-state index contributed by atoms with van der Waals surface area (Å²) >= 11 is 0. The molecule has 2 aliphatic heterocycles. The number of carbonyl (C=O) groups is 4. The summed E-state index contributed by atoms with van der Waals surface area (Å²) in [6, 6.07) is -3.13. The smallest absolute Gasteiger partial charge is 0.334 e. The quantitative estimate of drug-likeness (QED) is 0.0155. The van der Waals surface area contributed by atoms with Crippen molar-refractivity contribution < 1.29 is 87.1 Å². The van der Waals surface area contributed by atoms with Crippen molar-refractivity contribution in [1.82, 2.24) is 10.6 Å². The van der Waals surface area contributed by atoms with E-state index in [-0.39, 0.29) is 38.6 Å². The topological polar surface area (TPSA) is 321 Å². The van der Waals surface area contributed by atoms with E-state index in [0.717, 1.165) is 96.3 Å². The van der Waals surface area contributed by atoms with Crippen molar-refractivity contribution in [3.05, 3.63) is 0 Å². The molecule has 10 N–H and O–H groups in total. The van der Waals surface area contributed by atoms with Gasteiger partial charge in [0.1, 0.15) is 48.7 Å². The van der Waals surface area contributed by atoms with Gasteiger partial charge in [0.25, 0.3) is 0 Å². The average molecular weight is 1530 g/mol. The molecule has 14 atom stereocenters. The highest BCUT2D eigenvalue weighted by atomic mass is 31.2. The van der Waals surface area contributed by atoms with E-state index in [1.807, 2.05) is 0 Å². The Morgan fingerprint density at radius 1 is 0.434 bits per heavy atom. The highest BCUT2D eigenvalue weighted by Crippen LogP contribution is 2.50. The number of aliphatic hydroxyl groups excluding tert-OH is 6. The monoisotopic (exact) mass is 1530 g/mol. The molecule has 2 rings (SSSR count). The highest BCUT2D eigenvalue weighted by Gasteiger charge is 2.53. The molecule has 0 aromatic heterocycles. The van der Waals surface area contributed by atoms with Gasteiger partial charge in [-0.1, -0.05) is 336 Å². The van der Waals surface area contributed by atoms with Crippen LogP contribution in [0.3, 0.4) is 0 Å². The van der Waals surface area contributed by atoms with Crippen LogP contribution in [-0.4, -0.2) is 167 Å². The molecule has 0 spiro atoms. The number of esters is 2. The van der Waals surface area contributed by atoms with Gasteiger partial charge < -0.3 is 75.2 Å². The number of ether oxygens (including phenoxy) is 5. The van der Waals surface area contributed by atoms with Crippen LogP contribution in [0.4, 0.5) is 0 Å². The summed E-state index contributed by atoms with van der Waals surface area (Å²) in [5, 5.41) is 73.8. The summed E-state index contributed by atoms with van der Waals surface area (Å²) in [5.74, 6) is -2.70. The number of hydrogen-bond acceptors (Lipinski definition) is 19. The predicted molar refractivity (Wildman–Crippen MR) is 424 cm³/mol. The van der Waals surface area contributed by atoms with Crippen molar-refractivity contribution in [2.24, 2.45) is 5.73 Å².